The van der Waals surface area contributed by atoms with Gasteiger partial charge in [-0.1, -0.05) is 30.7 Å². The first kappa shape index (κ1) is 32.4. The van der Waals surface area contributed by atoms with Crippen LogP contribution in [0.2, 0.25) is 5.02 Å². The number of halogens is 3. The second kappa shape index (κ2) is 13.0. The molecular weight excluding hydrogens is 594 g/mol. The van der Waals surface area contributed by atoms with Gasteiger partial charge in [0.1, 0.15) is 28.5 Å². The summed E-state index contributed by atoms with van der Waals surface area (Å²) in [6.07, 6.45) is 0.571. The Kier molecular flexibility index (Phi) is 9.56. The van der Waals surface area contributed by atoms with E-state index in [4.69, 9.17) is 16.3 Å². The molecule has 3 aromatic carbocycles. The van der Waals surface area contributed by atoms with Crippen molar-refractivity contribution in [3.63, 3.8) is 0 Å². The summed E-state index contributed by atoms with van der Waals surface area (Å²) in [5.41, 5.74) is -3.33. The molecule has 1 saturated heterocycles. The second-order valence-electron chi connectivity index (χ2n) is 10.7. The van der Waals surface area contributed by atoms with Crippen LogP contribution in [0.5, 0.6) is 5.75 Å². The van der Waals surface area contributed by atoms with Crippen molar-refractivity contribution >= 4 is 29.4 Å². The molecule has 0 unspecified atom stereocenters. The lowest BCUT2D eigenvalue weighted by molar-refractivity contribution is -0.129. The number of benzene rings is 3. The number of rotatable bonds is 9. The number of nitrogens with one attached hydrogen (secondary N) is 2. The molecule has 0 spiro atoms. The summed E-state index contributed by atoms with van der Waals surface area (Å²) in [4.78, 5) is 41.0. The van der Waals surface area contributed by atoms with Crippen LogP contribution in [0.3, 0.4) is 0 Å². The molecule has 0 radical (unpaired) electrons. The SMILES string of the molecule is CCN1CCC(C#N)(NC(=O)[C@@](C)(NC(=O)c2ccc(-c3cc(C(=O)O)ccc3Cl)cc2)c2c(F)cc(OC)cc2F)CC1. The molecule has 9 nitrogen and oxygen atoms in total. The van der Waals surface area contributed by atoms with E-state index in [0.29, 0.717) is 24.2 Å². The van der Waals surface area contributed by atoms with E-state index in [1.54, 1.807) is 0 Å². The van der Waals surface area contributed by atoms with Gasteiger partial charge in [-0.3, -0.25) is 9.59 Å². The molecule has 2 amide bonds. The Bertz CT molecular complexity index is 1610. The molecule has 1 aliphatic heterocycles. The Morgan fingerprint density at radius 3 is 2.18 bits per heavy atom. The van der Waals surface area contributed by atoms with Crippen LogP contribution in [0, 0.1) is 23.0 Å². The van der Waals surface area contributed by atoms with Crippen LogP contribution in [0.1, 0.15) is 53.0 Å². The molecular formula is C32H31ClF2N4O5. The minimum absolute atomic E-state index is 0.0204. The van der Waals surface area contributed by atoms with Crippen LogP contribution in [-0.4, -0.2) is 60.1 Å². The van der Waals surface area contributed by atoms with Gasteiger partial charge < -0.3 is 25.4 Å². The van der Waals surface area contributed by atoms with Crippen LogP contribution in [-0.2, 0) is 10.3 Å². The predicted octanol–water partition coefficient (Wildman–Crippen LogP) is 5.13. The number of hydrogen-bond acceptors (Lipinski definition) is 6. The third-order valence-corrected chi connectivity index (χ3v) is 8.29. The number of methoxy groups -OCH3 is 1. The first-order chi connectivity index (χ1) is 20.9. The Hall–Kier alpha value is -4.53. The summed E-state index contributed by atoms with van der Waals surface area (Å²) in [6.45, 7) is 4.98. The van der Waals surface area contributed by atoms with E-state index < -0.39 is 46.1 Å². The van der Waals surface area contributed by atoms with Crippen molar-refractivity contribution < 1.29 is 33.0 Å². The van der Waals surface area contributed by atoms with Gasteiger partial charge >= 0.3 is 5.97 Å². The molecule has 0 saturated carbocycles. The van der Waals surface area contributed by atoms with E-state index in [-0.39, 0.29) is 34.7 Å². The van der Waals surface area contributed by atoms with Crippen LogP contribution in [0.4, 0.5) is 8.78 Å². The molecule has 0 aliphatic carbocycles. The predicted molar refractivity (Wildman–Crippen MR) is 159 cm³/mol. The van der Waals surface area contributed by atoms with Crippen molar-refractivity contribution in [3.8, 4) is 22.9 Å². The lowest BCUT2D eigenvalue weighted by Crippen LogP contribution is -2.62. The average Bonchev–Trinajstić information content (AvgIpc) is 3.01. The van der Waals surface area contributed by atoms with Crippen LogP contribution in [0.15, 0.2) is 54.6 Å². The van der Waals surface area contributed by atoms with Gasteiger partial charge in [0.2, 0.25) is 0 Å². The van der Waals surface area contributed by atoms with Gasteiger partial charge in [0.25, 0.3) is 11.8 Å². The van der Waals surface area contributed by atoms with E-state index in [0.717, 1.165) is 18.7 Å². The number of aromatic carboxylic acids is 1. The summed E-state index contributed by atoms with van der Waals surface area (Å²) >= 11 is 6.28. The number of carbonyl (C=O) groups is 3. The maximum atomic E-state index is 15.4. The van der Waals surface area contributed by atoms with Gasteiger partial charge in [0, 0.05) is 41.4 Å². The van der Waals surface area contributed by atoms with Crippen LogP contribution >= 0.6 is 11.6 Å². The number of hydrogen-bond donors (Lipinski definition) is 3. The number of ether oxygens (including phenoxy) is 1. The normalized spacial score (nSPS) is 15.8. The number of likely N-dealkylation sites (tertiary alicyclic amines) is 1. The van der Waals surface area contributed by atoms with Gasteiger partial charge in [-0.05, 0) is 62.2 Å². The monoisotopic (exact) mass is 624 g/mol. The van der Waals surface area contributed by atoms with E-state index in [2.05, 4.69) is 21.6 Å². The van der Waals surface area contributed by atoms with Crippen molar-refractivity contribution in [2.75, 3.05) is 26.7 Å². The third kappa shape index (κ3) is 6.51. The summed E-state index contributed by atoms with van der Waals surface area (Å²) in [6, 6.07) is 14.0. The average molecular weight is 625 g/mol. The molecule has 1 heterocycles. The summed E-state index contributed by atoms with van der Waals surface area (Å²) in [5, 5.41) is 24.8. The fourth-order valence-corrected chi connectivity index (χ4v) is 5.44. The zero-order chi connectivity index (χ0) is 32.2. The molecule has 0 bridgehead atoms. The number of carboxylic acids is 1. The molecule has 0 aromatic heterocycles. The van der Waals surface area contributed by atoms with Crippen LogP contribution < -0.4 is 15.4 Å². The fourth-order valence-electron chi connectivity index (χ4n) is 5.22. The molecule has 230 valence electrons. The largest absolute Gasteiger partial charge is 0.497 e. The molecule has 12 heteroatoms. The Labute approximate surface area is 258 Å². The standard InChI is InChI=1S/C32H31ClF2N4O5/c1-4-39-13-11-32(18-36,12-14-39)38-30(43)31(2,27-25(34)16-22(44-3)17-26(27)35)37-28(40)20-7-5-19(6-8-20)23-15-21(29(41)42)9-10-24(23)33/h5-10,15-17H,4,11-14H2,1-3H3,(H,37,40)(H,38,43)(H,41,42)/t31-/m0/s1. The van der Waals surface area contributed by atoms with Crippen molar-refractivity contribution in [1.29, 1.82) is 5.26 Å². The number of piperidine rings is 1. The molecule has 4 rings (SSSR count). The zero-order valence-electron chi connectivity index (χ0n) is 24.3. The third-order valence-electron chi connectivity index (χ3n) is 7.96. The first-order valence-electron chi connectivity index (χ1n) is 13.8. The topological polar surface area (TPSA) is 132 Å². The number of amides is 2. The molecule has 1 aliphatic rings. The zero-order valence-corrected chi connectivity index (χ0v) is 25.1. The summed E-state index contributed by atoms with van der Waals surface area (Å²) < 4.78 is 35.8. The Morgan fingerprint density at radius 1 is 1.07 bits per heavy atom. The fraction of sp³-hybridized carbons (Fsp3) is 0.312. The Balaban J connectivity index is 1.69. The molecule has 1 fully saturated rings. The van der Waals surface area contributed by atoms with E-state index in [9.17, 15) is 24.8 Å². The highest BCUT2D eigenvalue weighted by atomic mass is 35.5. The number of carboxylic acid groups (broad SMARTS) is 1. The molecule has 44 heavy (non-hydrogen) atoms. The minimum Gasteiger partial charge on any atom is -0.497 e. The van der Waals surface area contributed by atoms with Crippen molar-refractivity contribution in [1.82, 2.24) is 15.5 Å². The molecule has 3 aromatic rings. The van der Waals surface area contributed by atoms with Crippen molar-refractivity contribution in [2.45, 2.75) is 37.8 Å². The van der Waals surface area contributed by atoms with Crippen molar-refractivity contribution in [3.05, 3.63) is 87.9 Å². The van der Waals surface area contributed by atoms with E-state index >= 15 is 8.78 Å². The van der Waals surface area contributed by atoms with Gasteiger partial charge in [0.15, 0.2) is 0 Å². The lowest BCUT2D eigenvalue weighted by Gasteiger charge is -2.40. The van der Waals surface area contributed by atoms with E-state index in [1.165, 1.54) is 56.5 Å². The maximum absolute atomic E-state index is 15.4. The van der Waals surface area contributed by atoms with Gasteiger partial charge in [-0.2, -0.15) is 5.26 Å². The molecule has 3 N–H and O–H groups in total. The highest BCUT2D eigenvalue weighted by molar-refractivity contribution is 6.33. The highest BCUT2D eigenvalue weighted by Crippen LogP contribution is 2.33. The smallest absolute Gasteiger partial charge is 0.335 e. The Morgan fingerprint density at radius 2 is 1.66 bits per heavy atom. The lowest BCUT2D eigenvalue weighted by atomic mass is 9.84. The van der Waals surface area contributed by atoms with Gasteiger partial charge in [-0.25, -0.2) is 13.6 Å². The molecule has 1 atom stereocenters. The second-order valence-corrected chi connectivity index (χ2v) is 11.1. The van der Waals surface area contributed by atoms with Crippen molar-refractivity contribution in [2.24, 2.45) is 0 Å². The quantitative estimate of drug-likeness (QED) is 0.301. The number of nitrogens with zero attached hydrogens (tertiary/aromatic N) is 2. The van der Waals surface area contributed by atoms with E-state index in [1.807, 2.05) is 6.92 Å². The summed E-state index contributed by atoms with van der Waals surface area (Å²) in [5.74, 6) is -5.32. The highest BCUT2D eigenvalue weighted by Gasteiger charge is 2.46. The van der Waals surface area contributed by atoms with Crippen LogP contribution in [0.25, 0.3) is 11.1 Å². The van der Waals surface area contributed by atoms with Gasteiger partial charge in [0.05, 0.1) is 24.3 Å². The number of carbonyl (C=O) groups excluding carboxylic acids is 2. The number of nitriles is 1. The summed E-state index contributed by atoms with van der Waals surface area (Å²) in [7, 11) is 1.23. The maximum Gasteiger partial charge on any atom is 0.335 e. The minimum atomic E-state index is -2.29. The van der Waals surface area contributed by atoms with Gasteiger partial charge in [-0.15, -0.1) is 0 Å². The first-order valence-corrected chi connectivity index (χ1v) is 14.2.